The molecule has 2 aromatic carbocycles. The largest absolute Gasteiger partial charge is 0.452 e. The second-order valence-corrected chi connectivity index (χ2v) is 8.43. The zero-order chi connectivity index (χ0) is 25.5. The van der Waals surface area contributed by atoms with Crippen LogP contribution in [-0.4, -0.2) is 40.7 Å². The smallest absolute Gasteiger partial charge is 0.331 e. The number of hydrogen-bond acceptors (Lipinski definition) is 5. The van der Waals surface area contributed by atoms with E-state index in [1.807, 2.05) is 63.2 Å². The molecule has 0 atom stereocenters. The topological polar surface area (TPSA) is 102 Å². The average molecular weight is 495 g/mol. The lowest BCUT2D eigenvalue weighted by molar-refractivity contribution is -0.143. The summed E-state index contributed by atoms with van der Waals surface area (Å²) in [6.07, 6.45) is 2.66. The van der Waals surface area contributed by atoms with Crippen molar-refractivity contribution in [3.8, 4) is 5.69 Å². The van der Waals surface area contributed by atoms with E-state index in [2.05, 4.69) is 15.7 Å². The summed E-state index contributed by atoms with van der Waals surface area (Å²) < 4.78 is 6.53. The van der Waals surface area contributed by atoms with E-state index < -0.39 is 18.5 Å². The van der Waals surface area contributed by atoms with Gasteiger partial charge in [-0.15, -0.1) is 0 Å². The summed E-state index contributed by atoms with van der Waals surface area (Å²) >= 11 is 6.43. The minimum Gasteiger partial charge on any atom is -0.452 e. The predicted molar refractivity (Wildman–Crippen MR) is 136 cm³/mol. The zero-order valence-corrected chi connectivity index (χ0v) is 20.8. The van der Waals surface area contributed by atoms with Crippen LogP contribution in [0.3, 0.4) is 0 Å². The van der Waals surface area contributed by atoms with Gasteiger partial charge in [0.2, 0.25) is 5.91 Å². The van der Waals surface area contributed by atoms with Crippen molar-refractivity contribution < 1.29 is 19.1 Å². The van der Waals surface area contributed by atoms with Crippen LogP contribution in [0.25, 0.3) is 11.8 Å². The fourth-order valence-corrected chi connectivity index (χ4v) is 3.90. The molecular formula is C26H27ClN4O4. The van der Waals surface area contributed by atoms with Gasteiger partial charge in [0.05, 0.1) is 17.9 Å². The number of aryl methyl sites for hydroxylation is 4. The maximum atomic E-state index is 12.2. The molecule has 3 aromatic rings. The van der Waals surface area contributed by atoms with E-state index in [4.69, 9.17) is 16.3 Å². The molecule has 0 aliphatic heterocycles. The van der Waals surface area contributed by atoms with Crippen molar-refractivity contribution in [2.45, 2.75) is 27.7 Å². The van der Waals surface area contributed by atoms with Crippen LogP contribution in [0.4, 0.5) is 5.69 Å². The number of amides is 2. The molecular weight excluding hydrogens is 468 g/mol. The van der Waals surface area contributed by atoms with Crippen molar-refractivity contribution in [1.29, 1.82) is 0 Å². The number of nitrogens with one attached hydrogen (secondary N) is 2. The molecule has 0 spiro atoms. The summed E-state index contributed by atoms with van der Waals surface area (Å²) in [5.74, 6) is -1.69. The minimum absolute atomic E-state index is 0.244. The zero-order valence-electron chi connectivity index (χ0n) is 20.0. The third-order valence-corrected chi connectivity index (χ3v) is 5.53. The maximum absolute atomic E-state index is 12.2. The Morgan fingerprint density at radius 1 is 1.03 bits per heavy atom. The third-order valence-electron chi connectivity index (χ3n) is 5.17. The van der Waals surface area contributed by atoms with Gasteiger partial charge in [-0.2, -0.15) is 5.10 Å². The second kappa shape index (κ2) is 11.5. The Balaban J connectivity index is 1.48. The van der Waals surface area contributed by atoms with Gasteiger partial charge in [-0.05, 0) is 57.0 Å². The molecule has 0 unspecified atom stereocenters. The van der Waals surface area contributed by atoms with E-state index in [9.17, 15) is 14.4 Å². The summed E-state index contributed by atoms with van der Waals surface area (Å²) in [6.45, 7) is 6.80. The first-order valence-corrected chi connectivity index (χ1v) is 11.3. The van der Waals surface area contributed by atoms with Crippen molar-refractivity contribution in [1.82, 2.24) is 15.1 Å². The van der Waals surface area contributed by atoms with E-state index in [-0.39, 0.29) is 12.5 Å². The number of esters is 1. The van der Waals surface area contributed by atoms with Crippen LogP contribution >= 0.6 is 11.6 Å². The Bertz CT molecular complexity index is 1260. The summed E-state index contributed by atoms with van der Waals surface area (Å²) in [6, 6.07) is 13.3. The van der Waals surface area contributed by atoms with Gasteiger partial charge < -0.3 is 15.4 Å². The Kier molecular flexibility index (Phi) is 8.43. The van der Waals surface area contributed by atoms with E-state index in [1.165, 1.54) is 12.2 Å². The van der Waals surface area contributed by atoms with Gasteiger partial charge in [-0.1, -0.05) is 47.5 Å². The van der Waals surface area contributed by atoms with Gasteiger partial charge in [0.15, 0.2) is 6.61 Å². The highest BCUT2D eigenvalue weighted by atomic mass is 35.5. The number of carbonyl (C=O) groups excluding carboxylic acids is 3. The molecule has 0 fully saturated rings. The lowest BCUT2D eigenvalue weighted by atomic mass is 10.1. The number of ether oxygens (including phenoxy) is 1. The Morgan fingerprint density at radius 3 is 2.34 bits per heavy atom. The first-order valence-electron chi connectivity index (χ1n) is 11.0. The van der Waals surface area contributed by atoms with E-state index >= 15 is 0 Å². The SMILES string of the molecule is Cc1cc(C)c(NC(=O)CNC(=O)COC(=O)/C=C/c2c(C)nn(-c3ccccc3)c2Cl)c(C)c1. The Hall–Kier alpha value is -3.91. The first kappa shape index (κ1) is 25.7. The number of benzene rings is 2. The summed E-state index contributed by atoms with van der Waals surface area (Å²) in [7, 11) is 0. The number of anilines is 1. The lowest BCUT2D eigenvalue weighted by Gasteiger charge is -2.13. The lowest BCUT2D eigenvalue weighted by Crippen LogP contribution is -2.35. The summed E-state index contributed by atoms with van der Waals surface area (Å²) in [5, 5.41) is 9.98. The number of rotatable bonds is 8. The third kappa shape index (κ3) is 6.80. The molecule has 0 bridgehead atoms. The van der Waals surface area contributed by atoms with Gasteiger partial charge in [0.25, 0.3) is 5.91 Å². The quantitative estimate of drug-likeness (QED) is 0.363. The molecule has 0 saturated carbocycles. The predicted octanol–water partition coefficient (Wildman–Crippen LogP) is 4.07. The molecule has 35 heavy (non-hydrogen) atoms. The summed E-state index contributed by atoms with van der Waals surface area (Å²) in [4.78, 5) is 36.3. The van der Waals surface area contributed by atoms with Crippen LogP contribution < -0.4 is 10.6 Å². The van der Waals surface area contributed by atoms with Crippen LogP contribution in [0, 0.1) is 27.7 Å². The molecule has 0 aliphatic carbocycles. The van der Waals surface area contributed by atoms with E-state index in [1.54, 1.807) is 11.6 Å². The van der Waals surface area contributed by atoms with Crippen molar-refractivity contribution in [2.75, 3.05) is 18.5 Å². The van der Waals surface area contributed by atoms with Gasteiger partial charge in [0, 0.05) is 17.3 Å². The molecule has 1 aromatic heterocycles. The minimum atomic E-state index is -0.724. The molecule has 2 amide bonds. The molecule has 1 heterocycles. The number of halogens is 1. The normalized spacial score (nSPS) is 10.9. The Labute approximate surface area is 208 Å². The fourth-order valence-electron chi connectivity index (χ4n) is 3.57. The number of nitrogens with zero attached hydrogens (tertiary/aromatic N) is 2. The number of carbonyl (C=O) groups is 3. The highest BCUT2D eigenvalue weighted by Gasteiger charge is 2.14. The fraction of sp³-hybridized carbons (Fsp3) is 0.231. The van der Waals surface area contributed by atoms with Crippen LogP contribution in [0.5, 0.6) is 0 Å². The van der Waals surface area contributed by atoms with E-state index in [0.717, 1.165) is 28.1 Å². The molecule has 182 valence electrons. The van der Waals surface area contributed by atoms with E-state index in [0.29, 0.717) is 16.4 Å². The summed E-state index contributed by atoms with van der Waals surface area (Å²) in [5.41, 5.74) is 5.68. The van der Waals surface area contributed by atoms with Crippen LogP contribution in [-0.2, 0) is 19.1 Å². The van der Waals surface area contributed by atoms with Gasteiger partial charge >= 0.3 is 5.97 Å². The van der Waals surface area contributed by atoms with Crippen molar-refractivity contribution >= 4 is 41.1 Å². The second-order valence-electron chi connectivity index (χ2n) is 8.08. The molecule has 2 N–H and O–H groups in total. The number of hydrogen-bond donors (Lipinski definition) is 2. The van der Waals surface area contributed by atoms with Gasteiger partial charge in [0.1, 0.15) is 5.15 Å². The molecule has 0 aliphatic rings. The first-order chi connectivity index (χ1) is 16.7. The molecule has 3 rings (SSSR count). The van der Waals surface area contributed by atoms with Crippen LogP contribution in [0.1, 0.15) is 27.9 Å². The van der Waals surface area contributed by atoms with Gasteiger partial charge in [-0.3, -0.25) is 9.59 Å². The van der Waals surface area contributed by atoms with Crippen LogP contribution in [0.2, 0.25) is 5.15 Å². The number of aromatic nitrogens is 2. The maximum Gasteiger partial charge on any atom is 0.331 e. The number of para-hydroxylation sites is 1. The average Bonchev–Trinajstić information content (AvgIpc) is 3.11. The van der Waals surface area contributed by atoms with Crippen molar-refractivity contribution in [2.24, 2.45) is 0 Å². The highest BCUT2D eigenvalue weighted by molar-refractivity contribution is 6.31. The van der Waals surface area contributed by atoms with Gasteiger partial charge in [-0.25, -0.2) is 9.48 Å². The monoisotopic (exact) mass is 494 g/mol. The van der Waals surface area contributed by atoms with Crippen LogP contribution in [0.15, 0.2) is 48.5 Å². The standard InChI is InChI=1S/C26H27ClN4O4/c1-16-12-17(2)25(18(3)13-16)29-22(32)14-28-23(33)15-35-24(34)11-10-21-19(4)30-31(26(21)27)20-8-6-5-7-9-20/h5-13H,14-15H2,1-4H3,(H,28,33)(H,29,32)/b11-10+. The molecule has 8 nitrogen and oxygen atoms in total. The van der Waals surface area contributed by atoms with Crippen molar-refractivity contribution in [3.63, 3.8) is 0 Å². The molecule has 0 saturated heterocycles. The van der Waals surface area contributed by atoms with Crippen molar-refractivity contribution in [3.05, 3.63) is 81.6 Å². The molecule has 0 radical (unpaired) electrons. The Morgan fingerprint density at radius 2 is 1.69 bits per heavy atom. The highest BCUT2D eigenvalue weighted by Crippen LogP contribution is 2.24. The molecule has 9 heteroatoms.